The maximum absolute atomic E-state index is 12.6. The van der Waals surface area contributed by atoms with E-state index >= 15 is 0 Å². The van der Waals surface area contributed by atoms with Gasteiger partial charge in [0.2, 0.25) is 0 Å². The number of benzene rings is 4. The Labute approximate surface area is 175 Å². The molecule has 0 saturated carbocycles. The number of para-hydroxylation sites is 2. The third-order valence-electron chi connectivity index (χ3n) is 4.81. The van der Waals surface area contributed by atoms with Gasteiger partial charge in [0.05, 0.1) is 6.54 Å². The van der Waals surface area contributed by atoms with E-state index in [1.807, 2.05) is 91.0 Å². The molecule has 148 valence electrons. The molecule has 0 heterocycles. The van der Waals surface area contributed by atoms with Gasteiger partial charge in [-0.2, -0.15) is 0 Å². The highest BCUT2D eigenvalue weighted by molar-refractivity contribution is 6.07. The first-order valence-electron chi connectivity index (χ1n) is 9.79. The molecule has 0 fully saturated rings. The third-order valence-corrected chi connectivity index (χ3v) is 4.81. The monoisotopic (exact) mass is 395 g/mol. The summed E-state index contributed by atoms with van der Waals surface area (Å²) < 4.78 is 5.91. The zero-order chi connectivity index (χ0) is 20.8. The van der Waals surface area contributed by atoms with Gasteiger partial charge in [0.15, 0.2) is 5.78 Å². The molecule has 1 amide bonds. The maximum Gasteiger partial charge on any atom is 0.252 e. The van der Waals surface area contributed by atoms with E-state index in [-0.39, 0.29) is 24.7 Å². The zero-order valence-corrected chi connectivity index (χ0v) is 16.4. The number of nitrogens with one attached hydrogen (secondary N) is 1. The van der Waals surface area contributed by atoms with Gasteiger partial charge >= 0.3 is 0 Å². The first kappa shape index (κ1) is 19.4. The SMILES string of the molecule is O=C(CNC(=O)c1cccc2ccccc12)Cc1ccccc1Oc1ccccc1. The lowest BCUT2D eigenvalue weighted by molar-refractivity contribution is -0.117. The summed E-state index contributed by atoms with van der Waals surface area (Å²) >= 11 is 0. The molecule has 4 aromatic rings. The lowest BCUT2D eigenvalue weighted by atomic mass is 10.0. The summed E-state index contributed by atoms with van der Waals surface area (Å²) in [6, 6.07) is 30.1. The topological polar surface area (TPSA) is 55.4 Å². The number of fused-ring (bicyclic) bond motifs is 1. The molecule has 0 aliphatic rings. The Morgan fingerprint density at radius 2 is 1.43 bits per heavy atom. The molecule has 0 aliphatic carbocycles. The van der Waals surface area contributed by atoms with Gasteiger partial charge in [-0.3, -0.25) is 9.59 Å². The van der Waals surface area contributed by atoms with Crippen molar-refractivity contribution in [2.75, 3.05) is 6.54 Å². The van der Waals surface area contributed by atoms with Crippen molar-refractivity contribution in [3.05, 3.63) is 108 Å². The summed E-state index contributed by atoms with van der Waals surface area (Å²) in [5, 5.41) is 4.61. The van der Waals surface area contributed by atoms with Crippen LogP contribution < -0.4 is 10.1 Å². The highest BCUT2D eigenvalue weighted by Gasteiger charge is 2.13. The quantitative estimate of drug-likeness (QED) is 0.469. The molecule has 4 heteroatoms. The molecule has 0 aliphatic heterocycles. The molecule has 30 heavy (non-hydrogen) atoms. The predicted octanol–water partition coefficient (Wildman–Crippen LogP) is 5.17. The Morgan fingerprint density at radius 1 is 0.733 bits per heavy atom. The van der Waals surface area contributed by atoms with Crippen molar-refractivity contribution < 1.29 is 14.3 Å². The summed E-state index contributed by atoms with van der Waals surface area (Å²) in [5.41, 5.74) is 1.35. The summed E-state index contributed by atoms with van der Waals surface area (Å²) in [6.45, 7) is -0.0400. The molecule has 4 nitrogen and oxygen atoms in total. The lowest BCUT2D eigenvalue weighted by Crippen LogP contribution is -2.30. The van der Waals surface area contributed by atoms with Crippen molar-refractivity contribution >= 4 is 22.5 Å². The second kappa shape index (κ2) is 9.05. The summed E-state index contributed by atoms with van der Waals surface area (Å²) in [7, 11) is 0. The molecule has 0 bridgehead atoms. The van der Waals surface area contributed by atoms with Gasteiger partial charge in [0, 0.05) is 17.5 Å². The van der Waals surface area contributed by atoms with Crippen LogP contribution in [0.5, 0.6) is 11.5 Å². The second-order valence-corrected chi connectivity index (χ2v) is 6.95. The zero-order valence-electron chi connectivity index (χ0n) is 16.4. The van der Waals surface area contributed by atoms with Crippen LogP contribution >= 0.6 is 0 Å². The van der Waals surface area contributed by atoms with Crippen LogP contribution in [0.25, 0.3) is 10.8 Å². The van der Waals surface area contributed by atoms with E-state index < -0.39 is 0 Å². The van der Waals surface area contributed by atoms with E-state index in [9.17, 15) is 9.59 Å². The van der Waals surface area contributed by atoms with Crippen LogP contribution in [0.4, 0.5) is 0 Å². The molecule has 0 radical (unpaired) electrons. The molecule has 0 aromatic heterocycles. The van der Waals surface area contributed by atoms with Crippen molar-refractivity contribution in [1.82, 2.24) is 5.32 Å². The van der Waals surface area contributed by atoms with E-state index in [1.165, 1.54) is 0 Å². The van der Waals surface area contributed by atoms with Crippen LogP contribution in [-0.4, -0.2) is 18.2 Å². The summed E-state index contributed by atoms with van der Waals surface area (Å²) in [5.74, 6) is 1.00. The number of ether oxygens (including phenoxy) is 1. The van der Waals surface area contributed by atoms with E-state index in [0.717, 1.165) is 16.3 Å². The van der Waals surface area contributed by atoms with Crippen LogP contribution in [0, 0.1) is 0 Å². The minimum absolute atomic E-state index is 0.0400. The molecule has 4 rings (SSSR count). The summed E-state index contributed by atoms with van der Waals surface area (Å²) in [6.07, 6.45) is 0.179. The fourth-order valence-corrected chi connectivity index (χ4v) is 3.34. The van der Waals surface area contributed by atoms with Gasteiger partial charge in [-0.25, -0.2) is 0 Å². The minimum atomic E-state index is -0.256. The van der Waals surface area contributed by atoms with E-state index in [2.05, 4.69) is 5.32 Å². The fraction of sp³-hybridized carbons (Fsp3) is 0.0769. The van der Waals surface area contributed by atoms with Crippen LogP contribution in [-0.2, 0) is 11.2 Å². The second-order valence-electron chi connectivity index (χ2n) is 6.95. The Bertz CT molecular complexity index is 1180. The van der Waals surface area contributed by atoms with Crippen molar-refractivity contribution in [2.24, 2.45) is 0 Å². The molecule has 0 saturated heterocycles. The smallest absolute Gasteiger partial charge is 0.252 e. The number of amides is 1. The van der Waals surface area contributed by atoms with Crippen molar-refractivity contribution in [3.8, 4) is 11.5 Å². The average molecular weight is 395 g/mol. The molecular formula is C26H21NO3. The van der Waals surface area contributed by atoms with Crippen LogP contribution in [0.3, 0.4) is 0 Å². The van der Waals surface area contributed by atoms with Gasteiger partial charge < -0.3 is 10.1 Å². The number of Topliss-reactive ketones (excluding diaryl/α,β-unsaturated/α-hetero) is 1. The Kier molecular flexibility index (Phi) is 5.85. The van der Waals surface area contributed by atoms with Gasteiger partial charge in [-0.05, 0) is 35.0 Å². The van der Waals surface area contributed by atoms with Crippen LogP contribution in [0.2, 0.25) is 0 Å². The number of carbonyl (C=O) groups is 2. The van der Waals surface area contributed by atoms with E-state index in [1.54, 1.807) is 6.07 Å². The highest BCUT2D eigenvalue weighted by Crippen LogP contribution is 2.25. The number of hydrogen-bond donors (Lipinski definition) is 1. The van der Waals surface area contributed by atoms with Gasteiger partial charge in [0.25, 0.3) is 5.91 Å². The molecule has 0 atom stereocenters. The molecule has 4 aromatic carbocycles. The molecule has 0 unspecified atom stereocenters. The lowest BCUT2D eigenvalue weighted by Gasteiger charge is -2.11. The first-order valence-corrected chi connectivity index (χ1v) is 9.79. The molecular weight excluding hydrogens is 374 g/mol. The highest BCUT2D eigenvalue weighted by atomic mass is 16.5. The third kappa shape index (κ3) is 4.55. The van der Waals surface area contributed by atoms with Gasteiger partial charge in [0.1, 0.15) is 11.5 Å². The number of ketones is 1. The standard InChI is InChI=1S/C26H21NO3/c28-21(17-20-10-5-7-16-25(20)30-22-12-2-1-3-13-22)18-27-26(29)24-15-8-11-19-9-4-6-14-23(19)24/h1-16H,17-18H2,(H,27,29). The number of hydrogen-bond acceptors (Lipinski definition) is 3. The first-order chi connectivity index (χ1) is 14.7. The maximum atomic E-state index is 12.6. The normalized spacial score (nSPS) is 10.5. The van der Waals surface area contributed by atoms with E-state index in [0.29, 0.717) is 17.1 Å². The van der Waals surface area contributed by atoms with E-state index in [4.69, 9.17) is 4.74 Å². The van der Waals surface area contributed by atoms with Crippen LogP contribution in [0.15, 0.2) is 97.1 Å². The minimum Gasteiger partial charge on any atom is -0.457 e. The fourth-order valence-electron chi connectivity index (χ4n) is 3.34. The van der Waals surface area contributed by atoms with Crippen molar-refractivity contribution in [3.63, 3.8) is 0 Å². The number of rotatable bonds is 7. The van der Waals surface area contributed by atoms with Crippen molar-refractivity contribution in [1.29, 1.82) is 0 Å². The van der Waals surface area contributed by atoms with Gasteiger partial charge in [-0.15, -0.1) is 0 Å². The van der Waals surface area contributed by atoms with Gasteiger partial charge in [-0.1, -0.05) is 72.8 Å². The Hall–Kier alpha value is -3.92. The Balaban J connectivity index is 1.41. The van der Waals surface area contributed by atoms with Crippen molar-refractivity contribution in [2.45, 2.75) is 6.42 Å². The molecule has 1 N–H and O–H groups in total. The number of carbonyl (C=O) groups excluding carboxylic acids is 2. The average Bonchev–Trinajstić information content (AvgIpc) is 2.79. The largest absolute Gasteiger partial charge is 0.457 e. The Morgan fingerprint density at radius 3 is 2.30 bits per heavy atom. The van der Waals surface area contributed by atoms with Crippen LogP contribution in [0.1, 0.15) is 15.9 Å². The summed E-state index contributed by atoms with van der Waals surface area (Å²) in [4.78, 5) is 25.2. The predicted molar refractivity (Wildman–Crippen MR) is 118 cm³/mol. The molecule has 0 spiro atoms.